The molecule has 0 aromatic carbocycles. The predicted octanol–water partition coefficient (Wildman–Crippen LogP) is 2.97. The van der Waals surface area contributed by atoms with Crippen LogP contribution in [0.1, 0.15) is 39.0 Å². The summed E-state index contributed by atoms with van der Waals surface area (Å²) in [6.07, 6.45) is 7.00. The molecule has 2 aliphatic carbocycles. The Kier molecular flexibility index (Phi) is 2.09. The van der Waals surface area contributed by atoms with Crippen molar-refractivity contribution in [3.63, 3.8) is 0 Å². The normalized spacial score (nSPS) is 42.2. The molecule has 2 saturated carbocycles. The van der Waals surface area contributed by atoms with Crippen LogP contribution in [0.3, 0.4) is 0 Å². The zero-order valence-electron chi connectivity index (χ0n) is 7.79. The maximum absolute atomic E-state index is 8.87. The van der Waals surface area contributed by atoms with Crippen LogP contribution in [0.15, 0.2) is 0 Å². The maximum atomic E-state index is 8.87. The number of nitriles is 1. The van der Waals surface area contributed by atoms with Gasteiger partial charge in [0, 0.05) is 5.92 Å². The van der Waals surface area contributed by atoms with Crippen LogP contribution in [-0.2, 0) is 0 Å². The monoisotopic (exact) mass is 163 g/mol. The van der Waals surface area contributed by atoms with Crippen LogP contribution in [0.25, 0.3) is 0 Å². The van der Waals surface area contributed by atoms with Crippen molar-refractivity contribution >= 4 is 0 Å². The van der Waals surface area contributed by atoms with Crippen molar-refractivity contribution in [2.75, 3.05) is 0 Å². The third-order valence-electron chi connectivity index (χ3n) is 3.98. The molecule has 0 aromatic rings. The topological polar surface area (TPSA) is 23.8 Å². The van der Waals surface area contributed by atoms with Crippen LogP contribution in [0.2, 0.25) is 0 Å². The van der Waals surface area contributed by atoms with Crippen molar-refractivity contribution in [3.8, 4) is 6.07 Å². The molecule has 1 nitrogen and oxygen atoms in total. The Morgan fingerprint density at radius 2 is 2.08 bits per heavy atom. The summed E-state index contributed by atoms with van der Waals surface area (Å²) in [6.45, 7) is 2.10. The number of nitrogens with zero attached hydrogens (tertiary/aromatic N) is 1. The van der Waals surface area contributed by atoms with Gasteiger partial charge in [0.15, 0.2) is 0 Å². The molecule has 0 bridgehead atoms. The van der Waals surface area contributed by atoms with E-state index in [4.69, 9.17) is 5.26 Å². The van der Waals surface area contributed by atoms with Gasteiger partial charge in [-0.3, -0.25) is 0 Å². The molecular formula is C11H17N. The Balaban J connectivity index is 2.05. The molecule has 2 aliphatic rings. The summed E-state index contributed by atoms with van der Waals surface area (Å²) >= 11 is 0. The van der Waals surface area contributed by atoms with E-state index in [9.17, 15) is 0 Å². The quantitative estimate of drug-likeness (QED) is 0.583. The van der Waals surface area contributed by atoms with E-state index in [-0.39, 0.29) is 0 Å². The fourth-order valence-electron chi connectivity index (χ4n) is 3.32. The summed E-state index contributed by atoms with van der Waals surface area (Å²) in [4.78, 5) is 0. The average Bonchev–Trinajstić information content (AvgIpc) is 2.62. The van der Waals surface area contributed by atoms with E-state index in [1.165, 1.54) is 32.1 Å². The highest BCUT2D eigenvalue weighted by atomic mass is 14.5. The van der Waals surface area contributed by atoms with Gasteiger partial charge in [-0.15, -0.1) is 0 Å². The van der Waals surface area contributed by atoms with E-state index in [1.807, 2.05) is 0 Å². The fourth-order valence-corrected chi connectivity index (χ4v) is 3.32. The summed E-state index contributed by atoms with van der Waals surface area (Å²) < 4.78 is 0. The summed E-state index contributed by atoms with van der Waals surface area (Å²) in [5.41, 5.74) is 0. The lowest BCUT2D eigenvalue weighted by molar-refractivity contribution is 0.301. The lowest BCUT2D eigenvalue weighted by Crippen LogP contribution is -2.15. The highest BCUT2D eigenvalue weighted by Crippen LogP contribution is 2.49. The van der Waals surface area contributed by atoms with Gasteiger partial charge in [-0.25, -0.2) is 0 Å². The molecule has 3 unspecified atom stereocenters. The largest absolute Gasteiger partial charge is 0.198 e. The molecule has 0 aliphatic heterocycles. The van der Waals surface area contributed by atoms with Crippen LogP contribution in [0, 0.1) is 35.0 Å². The minimum Gasteiger partial charge on any atom is -0.198 e. The minimum absolute atomic E-state index is 0.304. The van der Waals surface area contributed by atoms with Crippen LogP contribution in [0.4, 0.5) is 0 Å². The smallest absolute Gasteiger partial charge is 0.0655 e. The van der Waals surface area contributed by atoms with Crippen LogP contribution in [-0.4, -0.2) is 0 Å². The first-order chi connectivity index (χ1) is 5.83. The Hall–Kier alpha value is -0.510. The molecule has 0 spiro atoms. The standard InChI is InChI=1S/C11H17N/c1-8(7-12)10-6-5-9-3-2-4-11(9)10/h8-11H,2-6H2,1H3/t8?,9?,10-,11?/m1/s1. The van der Waals surface area contributed by atoms with Crippen molar-refractivity contribution in [2.45, 2.75) is 39.0 Å². The van der Waals surface area contributed by atoms with Gasteiger partial charge < -0.3 is 0 Å². The van der Waals surface area contributed by atoms with Crippen LogP contribution < -0.4 is 0 Å². The molecule has 0 saturated heterocycles. The van der Waals surface area contributed by atoms with Crippen molar-refractivity contribution in [3.05, 3.63) is 0 Å². The van der Waals surface area contributed by atoms with E-state index in [1.54, 1.807) is 0 Å². The molecule has 0 amide bonds. The molecule has 66 valence electrons. The first-order valence-electron chi connectivity index (χ1n) is 5.22. The fraction of sp³-hybridized carbons (Fsp3) is 0.909. The summed E-state index contributed by atoms with van der Waals surface area (Å²) in [5, 5.41) is 8.87. The van der Waals surface area contributed by atoms with Crippen molar-refractivity contribution in [1.82, 2.24) is 0 Å². The highest BCUT2D eigenvalue weighted by Gasteiger charge is 2.41. The Labute approximate surface area is 74.8 Å². The van der Waals surface area contributed by atoms with Gasteiger partial charge in [-0.1, -0.05) is 12.8 Å². The minimum atomic E-state index is 0.304. The number of hydrogen-bond donors (Lipinski definition) is 0. The second-order valence-corrected chi connectivity index (χ2v) is 4.51. The van der Waals surface area contributed by atoms with E-state index < -0.39 is 0 Å². The SMILES string of the molecule is CC(C#N)[C@H]1CCC2CCCC21. The molecular weight excluding hydrogens is 146 g/mol. The van der Waals surface area contributed by atoms with Gasteiger partial charge in [0.2, 0.25) is 0 Å². The average molecular weight is 163 g/mol. The first-order valence-corrected chi connectivity index (χ1v) is 5.22. The lowest BCUT2D eigenvalue weighted by Gasteiger charge is -2.19. The van der Waals surface area contributed by atoms with Gasteiger partial charge in [-0.05, 0) is 43.9 Å². The van der Waals surface area contributed by atoms with Crippen LogP contribution in [0.5, 0.6) is 0 Å². The van der Waals surface area contributed by atoms with Crippen LogP contribution >= 0.6 is 0 Å². The van der Waals surface area contributed by atoms with Crippen molar-refractivity contribution in [2.24, 2.45) is 23.7 Å². The maximum Gasteiger partial charge on any atom is 0.0655 e. The highest BCUT2D eigenvalue weighted by molar-refractivity contribution is 4.96. The van der Waals surface area contributed by atoms with Gasteiger partial charge in [0.1, 0.15) is 0 Å². The Morgan fingerprint density at radius 1 is 1.25 bits per heavy atom. The number of rotatable bonds is 1. The van der Waals surface area contributed by atoms with Gasteiger partial charge >= 0.3 is 0 Å². The molecule has 12 heavy (non-hydrogen) atoms. The molecule has 0 aromatic heterocycles. The second kappa shape index (κ2) is 3.09. The van der Waals surface area contributed by atoms with Gasteiger partial charge in [-0.2, -0.15) is 5.26 Å². The number of fused-ring (bicyclic) bond motifs is 1. The van der Waals surface area contributed by atoms with Crippen molar-refractivity contribution in [1.29, 1.82) is 5.26 Å². The zero-order valence-corrected chi connectivity index (χ0v) is 7.79. The third kappa shape index (κ3) is 1.14. The first kappa shape index (κ1) is 8.10. The summed E-state index contributed by atoms with van der Waals surface area (Å²) in [7, 11) is 0. The molecule has 0 heterocycles. The zero-order chi connectivity index (χ0) is 8.55. The second-order valence-electron chi connectivity index (χ2n) is 4.51. The Morgan fingerprint density at radius 3 is 2.83 bits per heavy atom. The molecule has 4 atom stereocenters. The predicted molar refractivity (Wildman–Crippen MR) is 48.3 cm³/mol. The molecule has 0 radical (unpaired) electrons. The number of hydrogen-bond acceptors (Lipinski definition) is 1. The van der Waals surface area contributed by atoms with E-state index >= 15 is 0 Å². The lowest BCUT2D eigenvalue weighted by atomic mass is 9.84. The third-order valence-corrected chi connectivity index (χ3v) is 3.98. The molecule has 1 heteroatoms. The van der Waals surface area contributed by atoms with E-state index in [2.05, 4.69) is 13.0 Å². The molecule has 2 rings (SSSR count). The van der Waals surface area contributed by atoms with E-state index in [0.29, 0.717) is 5.92 Å². The van der Waals surface area contributed by atoms with Crippen molar-refractivity contribution < 1.29 is 0 Å². The van der Waals surface area contributed by atoms with Gasteiger partial charge in [0.25, 0.3) is 0 Å². The Bertz CT molecular complexity index is 204. The summed E-state index contributed by atoms with van der Waals surface area (Å²) in [5.74, 6) is 2.95. The molecule has 0 N–H and O–H groups in total. The van der Waals surface area contributed by atoms with Gasteiger partial charge in [0.05, 0.1) is 6.07 Å². The summed E-state index contributed by atoms with van der Waals surface area (Å²) in [6, 6.07) is 2.42. The molecule has 2 fully saturated rings. The van der Waals surface area contributed by atoms with E-state index in [0.717, 1.165) is 17.8 Å².